The molecule has 0 fully saturated rings. The Morgan fingerprint density at radius 1 is 1.21 bits per heavy atom. The van der Waals surface area contributed by atoms with Gasteiger partial charge in [-0.25, -0.2) is 4.68 Å². The number of nitrogens with zero attached hydrogens (tertiary/aromatic N) is 3. The van der Waals surface area contributed by atoms with Crippen LogP contribution in [-0.2, 0) is 13.0 Å². The van der Waals surface area contributed by atoms with Crippen LogP contribution in [0, 0.1) is 0 Å². The highest BCUT2D eigenvalue weighted by atomic mass is 35.5. The first kappa shape index (κ1) is 22.8. The lowest BCUT2D eigenvalue weighted by atomic mass is 9.93. The molecule has 3 heterocycles. The molecule has 0 aliphatic carbocycles. The van der Waals surface area contributed by atoms with E-state index in [2.05, 4.69) is 32.8 Å². The third kappa shape index (κ3) is 5.33. The van der Waals surface area contributed by atoms with Crippen LogP contribution in [0.15, 0.2) is 61.2 Å². The number of halogens is 2. The number of nitrogens with one attached hydrogen (secondary N) is 2. The van der Waals surface area contributed by atoms with Gasteiger partial charge in [0.05, 0.1) is 29.7 Å². The maximum atomic E-state index is 12.4. The highest BCUT2D eigenvalue weighted by Gasteiger charge is 2.24. The van der Waals surface area contributed by atoms with Crippen molar-refractivity contribution in [3.63, 3.8) is 0 Å². The topological polar surface area (TPSA) is 92.1 Å². The van der Waals surface area contributed by atoms with Crippen molar-refractivity contribution in [2.75, 3.05) is 6.54 Å². The van der Waals surface area contributed by atoms with Crippen LogP contribution in [0.1, 0.15) is 21.5 Å². The Morgan fingerprint density at radius 2 is 2.00 bits per heavy atom. The van der Waals surface area contributed by atoms with E-state index in [9.17, 15) is 9.90 Å². The summed E-state index contributed by atoms with van der Waals surface area (Å²) < 4.78 is 1.60. The number of pyridine rings is 1. The lowest BCUT2D eigenvalue weighted by molar-refractivity contribution is 0.0870. The molecule has 4 rings (SSSR count). The number of hydrogen-bond acceptors (Lipinski definition) is 5. The molecule has 2 aromatic heterocycles. The number of fused-ring (bicyclic) bond motifs is 1. The molecule has 7 nitrogen and oxygen atoms in total. The van der Waals surface area contributed by atoms with Crippen LogP contribution in [0.5, 0.6) is 0 Å². The van der Waals surface area contributed by atoms with Crippen molar-refractivity contribution < 1.29 is 9.90 Å². The molecule has 0 saturated heterocycles. The minimum absolute atomic E-state index is 0. The SMILES string of the molecule is Cl.Cl.O=C(NCC(O)[C@@H]1Cc2ccccc2CN1)c1cnn(-c2cccnc2)c1. The van der Waals surface area contributed by atoms with E-state index >= 15 is 0 Å². The second-order valence-electron chi connectivity index (χ2n) is 6.62. The van der Waals surface area contributed by atoms with Crippen molar-refractivity contribution in [3.05, 3.63) is 77.9 Å². The van der Waals surface area contributed by atoms with Gasteiger partial charge in [0.25, 0.3) is 5.91 Å². The highest BCUT2D eigenvalue weighted by molar-refractivity contribution is 5.93. The van der Waals surface area contributed by atoms with Gasteiger partial charge in [-0.2, -0.15) is 5.10 Å². The van der Waals surface area contributed by atoms with E-state index < -0.39 is 6.10 Å². The first-order chi connectivity index (χ1) is 13.2. The summed E-state index contributed by atoms with van der Waals surface area (Å²) in [5.41, 5.74) is 3.71. The molecule has 9 heteroatoms. The van der Waals surface area contributed by atoms with Crippen LogP contribution in [-0.4, -0.2) is 44.5 Å². The van der Waals surface area contributed by atoms with Crippen LogP contribution >= 0.6 is 24.8 Å². The molecule has 3 aromatic rings. The Bertz CT molecular complexity index is 935. The summed E-state index contributed by atoms with van der Waals surface area (Å²) in [6.45, 7) is 0.903. The minimum Gasteiger partial charge on any atom is -0.390 e. The van der Waals surface area contributed by atoms with E-state index in [1.165, 1.54) is 17.3 Å². The van der Waals surface area contributed by atoms with Crippen molar-refractivity contribution in [2.45, 2.75) is 25.1 Å². The molecule has 0 radical (unpaired) electrons. The molecule has 1 aromatic carbocycles. The van der Waals surface area contributed by atoms with E-state index in [-0.39, 0.29) is 43.3 Å². The third-order valence-electron chi connectivity index (χ3n) is 4.80. The smallest absolute Gasteiger partial charge is 0.254 e. The van der Waals surface area contributed by atoms with Crippen molar-refractivity contribution in [1.82, 2.24) is 25.4 Å². The molecule has 1 aliphatic rings. The summed E-state index contributed by atoms with van der Waals surface area (Å²) in [4.78, 5) is 16.4. The van der Waals surface area contributed by atoms with Gasteiger partial charge in [0.15, 0.2) is 0 Å². The summed E-state index contributed by atoms with van der Waals surface area (Å²) in [5, 5.41) is 20.8. The summed E-state index contributed by atoms with van der Waals surface area (Å²) in [6.07, 6.45) is 6.57. The quantitative estimate of drug-likeness (QED) is 0.569. The lowest BCUT2D eigenvalue weighted by Crippen LogP contribution is -2.49. The van der Waals surface area contributed by atoms with Crippen molar-refractivity contribution in [3.8, 4) is 5.69 Å². The molecule has 1 amide bonds. The Balaban J connectivity index is 0.00000150. The first-order valence-electron chi connectivity index (χ1n) is 8.92. The molecule has 2 atom stereocenters. The van der Waals surface area contributed by atoms with Gasteiger partial charge in [-0.1, -0.05) is 24.3 Å². The molecule has 154 valence electrons. The van der Waals surface area contributed by atoms with Crippen molar-refractivity contribution in [1.29, 1.82) is 0 Å². The number of benzene rings is 1. The molecular formula is C20H23Cl2N5O2. The van der Waals surface area contributed by atoms with E-state index in [0.717, 1.165) is 18.7 Å². The average Bonchev–Trinajstić information content (AvgIpc) is 3.22. The number of aliphatic hydroxyl groups excluding tert-OH is 1. The fraction of sp³-hybridized carbons (Fsp3) is 0.250. The molecule has 0 spiro atoms. The number of carbonyl (C=O) groups is 1. The van der Waals surface area contributed by atoms with Gasteiger partial charge < -0.3 is 15.7 Å². The molecule has 1 aliphatic heterocycles. The Hall–Kier alpha value is -2.45. The standard InChI is InChI=1S/C20H21N5O2.2ClH/c26-19(18-8-14-4-1-2-5-15(14)9-22-18)12-23-20(27)16-10-24-25(13-16)17-6-3-7-21-11-17;;/h1-7,10-11,13,18-19,22,26H,8-9,12H2,(H,23,27);2*1H/t18-,19?;;/m0../s1. The molecule has 3 N–H and O–H groups in total. The number of aliphatic hydroxyl groups is 1. The Kier molecular flexibility index (Phi) is 8.16. The van der Waals surface area contributed by atoms with Crippen LogP contribution in [0.25, 0.3) is 5.69 Å². The molecule has 29 heavy (non-hydrogen) atoms. The van der Waals surface area contributed by atoms with Gasteiger partial charge >= 0.3 is 0 Å². The predicted octanol–water partition coefficient (Wildman–Crippen LogP) is 1.92. The van der Waals surface area contributed by atoms with E-state index in [1.54, 1.807) is 23.3 Å². The molecule has 1 unspecified atom stereocenters. The highest BCUT2D eigenvalue weighted by Crippen LogP contribution is 2.17. The van der Waals surface area contributed by atoms with Gasteiger partial charge in [-0.05, 0) is 29.7 Å². The zero-order valence-electron chi connectivity index (χ0n) is 15.6. The van der Waals surface area contributed by atoms with E-state index in [4.69, 9.17) is 0 Å². The predicted molar refractivity (Wildman–Crippen MR) is 115 cm³/mol. The second kappa shape index (κ2) is 10.4. The van der Waals surface area contributed by atoms with Gasteiger partial charge in [-0.3, -0.25) is 9.78 Å². The lowest BCUT2D eigenvalue weighted by Gasteiger charge is -2.29. The van der Waals surface area contributed by atoms with Gasteiger partial charge in [0, 0.05) is 31.5 Å². The maximum absolute atomic E-state index is 12.4. The third-order valence-corrected chi connectivity index (χ3v) is 4.80. The van der Waals surface area contributed by atoms with Crippen molar-refractivity contribution in [2.24, 2.45) is 0 Å². The fourth-order valence-electron chi connectivity index (χ4n) is 3.26. The number of amides is 1. The zero-order valence-corrected chi connectivity index (χ0v) is 17.2. The van der Waals surface area contributed by atoms with E-state index in [0.29, 0.717) is 5.56 Å². The fourth-order valence-corrected chi connectivity index (χ4v) is 3.26. The summed E-state index contributed by atoms with van der Waals surface area (Å²) in [7, 11) is 0. The molecular weight excluding hydrogens is 413 g/mol. The maximum Gasteiger partial charge on any atom is 0.254 e. The number of carbonyl (C=O) groups excluding carboxylic acids is 1. The van der Waals surface area contributed by atoms with E-state index in [1.807, 2.05) is 24.3 Å². The summed E-state index contributed by atoms with van der Waals surface area (Å²) >= 11 is 0. The number of rotatable bonds is 5. The monoisotopic (exact) mass is 435 g/mol. The summed E-state index contributed by atoms with van der Waals surface area (Å²) in [6, 6.07) is 11.8. The average molecular weight is 436 g/mol. The normalized spacial score (nSPS) is 16.0. The number of aromatic nitrogens is 3. The van der Waals surface area contributed by atoms with Crippen LogP contribution in [0.3, 0.4) is 0 Å². The van der Waals surface area contributed by atoms with Crippen LogP contribution in [0.2, 0.25) is 0 Å². The van der Waals surface area contributed by atoms with Crippen LogP contribution < -0.4 is 10.6 Å². The van der Waals surface area contributed by atoms with Crippen molar-refractivity contribution >= 4 is 30.7 Å². The van der Waals surface area contributed by atoms with Gasteiger partial charge in [0.1, 0.15) is 0 Å². The summed E-state index contributed by atoms with van der Waals surface area (Å²) in [5.74, 6) is -0.264. The molecule has 0 saturated carbocycles. The zero-order chi connectivity index (χ0) is 18.6. The number of hydrogen-bond donors (Lipinski definition) is 3. The van der Waals surface area contributed by atoms with Gasteiger partial charge in [0.2, 0.25) is 0 Å². The minimum atomic E-state index is -0.671. The largest absolute Gasteiger partial charge is 0.390 e. The Morgan fingerprint density at radius 3 is 2.76 bits per heavy atom. The van der Waals surface area contributed by atoms with Gasteiger partial charge in [-0.15, -0.1) is 24.8 Å². The second-order valence-corrected chi connectivity index (χ2v) is 6.62. The first-order valence-corrected chi connectivity index (χ1v) is 8.92. The molecule has 0 bridgehead atoms. The Labute approximate surface area is 181 Å². The van der Waals surface area contributed by atoms with Crippen LogP contribution in [0.4, 0.5) is 0 Å².